The molecule has 3 rings (SSSR count). The SMILES string of the molecule is Cc1ccc(NC(=O)N2CCCC2C2CCCC2=O)cc1. The third kappa shape index (κ3) is 2.94. The van der Waals surface area contributed by atoms with Crippen molar-refractivity contribution in [1.29, 1.82) is 0 Å². The lowest BCUT2D eigenvalue weighted by Crippen LogP contribution is -2.43. The van der Waals surface area contributed by atoms with E-state index in [4.69, 9.17) is 0 Å². The Morgan fingerprint density at radius 3 is 2.62 bits per heavy atom. The standard InChI is InChI=1S/C17H22N2O2/c1-12-7-9-13(10-8-12)18-17(21)19-11-3-5-15(19)14-4-2-6-16(14)20/h7-10,14-15H,2-6,11H2,1H3,(H,18,21). The highest BCUT2D eigenvalue weighted by Gasteiger charge is 2.40. The van der Waals surface area contributed by atoms with Crippen LogP contribution in [0.25, 0.3) is 0 Å². The molecule has 0 radical (unpaired) electrons. The van der Waals surface area contributed by atoms with E-state index in [-0.39, 0.29) is 18.0 Å². The summed E-state index contributed by atoms with van der Waals surface area (Å²) >= 11 is 0. The van der Waals surface area contributed by atoms with Gasteiger partial charge in [-0.1, -0.05) is 17.7 Å². The number of benzene rings is 1. The molecule has 2 amide bonds. The van der Waals surface area contributed by atoms with Crippen molar-refractivity contribution in [2.45, 2.75) is 45.1 Å². The van der Waals surface area contributed by atoms with Crippen LogP contribution in [0.3, 0.4) is 0 Å². The summed E-state index contributed by atoms with van der Waals surface area (Å²) in [4.78, 5) is 26.3. The van der Waals surface area contributed by atoms with Gasteiger partial charge in [0, 0.05) is 30.6 Å². The van der Waals surface area contributed by atoms with Gasteiger partial charge in [-0.2, -0.15) is 0 Å². The summed E-state index contributed by atoms with van der Waals surface area (Å²) in [6, 6.07) is 7.83. The fourth-order valence-electron chi connectivity index (χ4n) is 3.54. The van der Waals surface area contributed by atoms with Crippen LogP contribution < -0.4 is 5.32 Å². The maximum Gasteiger partial charge on any atom is 0.322 e. The minimum Gasteiger partial charge on any atom is -0.321 e. The first kappa shape index (κ1) is 14.1. The van der Waals surface area contributed by atoms with E-state index in [0.717, 1.165) is 37.9 Å². The number of hydrogen-bond donors (Lipinski definition) is 1. The molecule has 4 nitrogen and oxygen atoms in total. The largest absolute Gasteiger partial charge is 0.322 e. The van der Waals surface area contributed by atoms with Crippen molar-refractivity contribution in [3.63, 3.8) is 0 Å². The molecule has 0 bridgehead atoms. The topological polar surface area (TPSA) is 49.4 Å². The minimum atomic E-state index is -0.0685. The molecule has 1 heterocycles. The molecule has 112 valence electrons. The Morgan fingerprint density at radius 2 is 1.95 bits per heavy atom. The molecule has 2 unspecified atom stereocenters. The van der Waals surface area contributed by atoms with Crippen molar-refractivity contribution in [1.82, 2.24) is 4.90 Å². The second-order valence-electron chi connectivity index (χ2n) is 6.16. The fourth-order valence-corrected chi connectivity index (χ4v) is 3.54. The van der Waals surface area contributed by atoms with Gasteiger partial charge < -0.3 is 10.2 Å². The zero-order valence-corrected chi connectivity index (χ0v) is 12.5. The van der Waals surface area contributed by atoms with Crippen molar-refractivity contribution in [3.8, 4) is 0 Å². The van der Waals surface area contributed by atoms with Gasteiger partial charge in [0.05, 0.1) is 0 Å². The quantitative estimate of drug-likeness (QED) is 0.906. The van der Waals surface area contributed by atoms with Crippen molar-refractivity contribution < 1.29 is 9.59 Å². The van der Waals surface area contributed by atoms with Crippen LogP contribution in [0, 0.1) is 12.8 Å². The molecule has 21 heavy (non-hydrogen) atoms. The van der Waals surface area contributed by atoms with E-state index in [1.54, 1.807) is 0 Å². The van der Waals surface area contributed by atoms with Crippen LogP contribution in [0.4, 0.5) is 10.5 Å². The maximum absolute atomic E-state index is 12.5. The molecular formula is C17H22N2O2. The second kappa shape index (κ2) is 5.88. The van der Waals surface area contributed by atoms with Crippen molar-refractivity contribution in [2.75, 3.05) is 11.9 Å². The first-order valence-corrected chi connectivity index (χ1v) is 7.82. The lowest BCUT2D eigenvalue weighted by atomic mass is 9.95. The second-order valence-corrected chi connectivity index (χ2v) is 6.16. The Bertz CT molecular complexity index is 538. The van der Waals surface area contributed by atoms with Crippen LogP contribution in [-0.2, 0) is 4.79 Å². The molecule has 2 aliphatic rings. The van der Waals surface area contributed by atoms with Crippen LogP contribution in [-0.4, -0.2) is 29.3 Å². The molecule has 2 fully saturated rings. The predicted molar refractivity (Wildman–Crippen MR) is 82.3 cm³/mol. The number of amides is 2. The van der Waals surface area contributed by atoms with Gasteiger partial charge in [-0.15, -0.1) is 0 Å². The van der Waals surface area contributed by atoms with E-state index < -0.39 is 0 Å². The Balaban J connectivity index is 1.68. The number of carbonyl (C=O) groups excluding carboxylic acids is 2. The number of urea groups is 1. The molecule has 1 aliphatic carbocycles. The number of nitrogens with one attached hydrogen (secondary N) is 1. The summed E-state index contributed by atoms with van der Waals surface area (Å²) in [6.07, 6.45) is 4.56. The van der Waals surface area contributed by atoms with E-state index in [1.807, 2.05) is 36.1 Å². The van der Waals surface area contributed by atoms with Gasteiger partial charge in [-0.25, -0.2) is 4.79 Å². The Labute approximate surface area is 125 Å². The number of rotatable bonds is 2. The number of likely N-dealkylation sites (tertiary alicyclic amines) is 1. The molecular weight excluding hydrogens is 264 g/mol. The van der Waals surface area contributed by atoms with Gasteiger partial charge in [-0.05, 0) is 44.7 Å². The molecule has 1 aliphatic heterocycles. The summed E-state index contributed by atoms with van der Waals surface area (Å²) in [7, 11) is 0. The van der Waals surface area contributed by atoms with Gasteiger partial charge in [0.15, 0.2) is 0 Å². The zero-order valence-electron chi connectivity index (χ0n) is 12.5. The normalized spacial score (nSPS) is 25.4. The van der Waals surface area contributed by atoms with Crippen LogP contribution in [0.2, 0.25) is 0 Å². The summed E-state index contributed by atoms with van der Waals surface area (Å²) in [6.45, 7) is 2.78. The van der Waals surface area contributed by atoms with Crippen molar-refractivity contribution in [3.05, 3.63) is 29.8 Å². The number of Topliss-reactive ketones (excluding diaryl/α,β-unsaturated/α-hetero) is 1. The average molecular weight is 286 g/mol. The average Bonchev–Trinajstić information content (AvgIpc) is 3.09. The lowest BCUT2D eigenvalue weighted by molar-refractivity contribution is -0.121. The minimum absolute atomic E-state index is 0.0660. The number of anilines is 1. The molecule has 4 heteroatoms. The molecule has 0 spiro atoms. The van der Waals surface area contributed by atoms with Gasteiger partial charge in [-0.3, -0.25) is 4.79 Å². The zero-order chi connectivity index (χ0) is 14.8. The Kier molecular flexibility index (Phi) is 3.95. The number of nitrogens with zero attached hydrogens (tertiary/aromatic N) is 1. The summed E-state index contributed by atoms with van der Waals surface area (Å²) in [5.41, 5.74) is 1.98. The molecule has 1 aromatic carbocycles. The number of ketones is 1. The highest BCUT2D eigenvalue weighted by Crippen LogP contribution is 2.33. The summed E-state index contributed by atoms with van der Waals surface area (Å²) < 4.78 is 0. The number of aryl methyl sites for hydroxylation is 1. The summed E-state index contributed by atoms with van der Waals surface area (Å²) in [5, 5.41) is 2.96. The molecule has 1 saturated carbocycles. The number of carbonyl (C=O) groups is 2. The monoisotopic (exact) mass is 286 g/mol. The lowest BCUT2D eigenvalue weighted by Gasteiger charge is -2.28. The first-order valence-electron chi connectivity index (χ1n) is 7.82. The fraction of sp³-hybridized carbons (Fsp3) is 0.529. The molecule has 1 saturated heterocycles. The van der Waals surface area contributed by atoms with E-state index in [1.165, 1.54) is 5.56 Å². The van der Waals surface area contributed by atoms with Crippen LogP contribution in [0.15, 0.2) is 24.3 Å². The highest BCUT2D eigenvalue weighted by molar-refractivity contribution is 5.91. The van der Waals surface area contributed by atoms with Crippen LogP contribution >= 0.6 is 0 Å². The smallest absolute Gasteiger partial charge is 0.321 e. The van der Waals surface area contributed by atoms with E-state index in [0.29, 0.717) is 12.2 Å². The van der Waals surface area contributed by atoms with Gasteiger partial charge >= 0.3 is 6.03 Å². The third-order valence-electron chi connectivity index (χ3n) is 4.68. The van der Waals surface area contributed by atoms with Gasteiger partial charge in [0.2, 0.25) is 0 Å². The molecule has 1 N–H and O–H groups in total. The van der Waals surface area contributed by atoms with Gasteiger partial charge in [0.1, 0.15) is 5.78 Å². The highest BCUT2D eigenvalue weighted by atomic mass is 16.2. The number of hydrogen-bond acceptors (Lipinski definition) is 2. The molecule has 1 aromatic rings. The maximum atomic E-state index is 12.5. The third-order valence-corrected chi connectivity index (χ3v) is 4.68. The van der Waals surface area contributed by atoms with Crippen molar-refractivity contribution >= 4 is 17.5 Å². The molecule has 0 aromatic heterocycles. The van der Waals surface area contributed by atoms with E-state index in [2.05, 4.69) is 5.32 Å². The van der Waals surface area contributed by atoms with Gasteiger partial charge in [0.25, 0.3) is 0 Å². The predicted octanol–water partition coefficient (Wildman–Crippen LogP) is 3.36. The van der Waals surface area contributed by atoms with E-state index in [9.17, 15) is 9.59 Å². The van der Waals surface area contributed by atoms with E-state index >= 15 is 0 Å². The summed E-state index contributed by atoms with van der Waals surface area (Å²) in [5.74, 6) is 0.409. The molecule has 2 atom stereocenters. The first-order chi connectivity index (χ1) is 10.1. The van der Waals surface area contributed by atoms with Crippen LogP contribution in [0.1, 0.15) is 37.7 Å². The van der Waals surface area contributed by atoms with Crippen molar-refractivity contribution in [2.24, 2.45) is 5.92 Å². The Hall–Kier alpha value is -1.84. The van der Waals surface area contributed by atoms with Crippen LogP contribution in [0.5, 0.6) is 0 Å². The Morgan fingerprint density at radius 1 is 1.19 bits per heavy atom.